The van der Waals surface area contributed by atoms with Crippen LogP contribution in [-0.4, -0.2) is 23.9 Å². The molecule has 0 radical (unpaired) electrons. The maximum Gasteiger partial charge on any atom is 0.248 e. The zero-order valence-electron chi connectivity index (χ0n) is 22.4. The third-order valence-electron chi connectivity index (χ3n) is 6.37. The largest absolute Gasteiger partial charge is 0.497 e. The highest BCUT2D eigenvalue weighted by Gasteiger charge is 2.10. The van der Waals surface area contributed by atoms with Gasteiger partial charge in [0, 0.05) is 22.3 Å². The van der Waals surface area contributed by atoms with Crippen LogP contribution in [-0.2, 0) is 0 Å². The van der Waals surface area contributed by atoms with Crippen LogP contribution in [0.4, 0.5) is 0 Å². The van der Waals surface area contributed by atoms with Gasteiger partial charge in [-0.25, -0.2) is 0 Å². The molecule has 5 nitrogen and oxygen atoms in total. The van der Waals surface area contributed by atoms with Crippen molar-refractivity contribution >= 4 is 0 Å². The van der Waals surface area contributed by atoms with E-state index in [9.17, 15) is 0 Å². The van der Waals surface area contributed by atoms with Gasteiger partial charge >= 0.3 is 0 Å². The molecule has 38 heavy (non-hydrogen) atoms. The van der Waals surface area contributed by atoms with Crippen LogP contribution >= 0.6 is 0 Å². The minimum absolute atomic E-state index is 0.469. The molecule has 4 rings (SSSR count). The Bertz CT molecular complexity index is 1300. The first kappa shape index (κ1) is 27.0. The molecule has 0 N–H and O–H groups in total. The summed E-state index contributed by atoms with van der Waals surface area (Å²) < 4.78 is 17.0. The van der Waals surface area contributed by atoms with E-state index in [1.54, 1.807) is 7.11 Å². The van der Waals surface area contributed by atoms with Gasteiger partial charge in [0.2, 0.25) is 11.8 Å². The van der Waals surface area contributed by atoms with E-state index in [1.165, 1.54) is 44.9 Å². The molecule has 0 saturated carbocycles. The summed E-state index contributed by atoms with van der Waals surface area (Å²) in [4.78, 5) is 0. The second-order valence-electron chi connectivity index (χ2n) is 9.32. The number of unbranched alkanes of at least 4 members (excludes halogenated alkanes) is 7. The van der Waals surface area contributed by atoms with Crippen molar-refractivity contribution in [3.63, 3.8) is 0 Å². The summed E-state index contributed by atoms with van der Waals surface area (Å²) in [5.41, 5.74) is 3.56. The van der Waals surface area contributed by atoms with E-state index in [2.05, 4.69) is 29.0 Å². The fourth-order valence-electron chi connectivity index (χ4n) is 4.09. The molecular weight excluding hydrogens is 472 g/mol. The molecule has 0 bridgehead atoms. The van der Waals surface area contributed by atoms with Gasteiger partial charge in [0.1, 0.15) is 11.5 Å². The Morgan fingerprint density at radius 2 is 1.08 bits per heavy atom. The predicted molar refractivity (Wildman–Crippen MR) is 152 cm³/mol. The van der Waals surface area contributed by atoms with Gasteiger partial charge in [0.15, 0.2) is 0 Å². The SMILES string of the molecule is CCCCCCCCCCOc1ccc(C#Cc2ccc(-c3nnc(-c4ccc(OC)cc4)o3)cc2)cc1. The molecule has 0 aliphatic rings. The van der Waals surface area contributed by atoms with Crippen LogP contribution in [0.3, 0.4) is 0 Å². The van der Waals surface area contributed by atoms with Crippen LogP contribution in [0, 0.1) is 11.8 Å². The third kappa shape index (κ3) is 8.24. The first-order valence-corrected chi connectivity index (χ1v) is 13.6. The Balaban J connectivity index is 1.23. The molecular formula is C33H36N2O3. The number of rotatable bonds is 13. The topological polar surface area (TPSA) is 57.4 Å². The lowest BCUT2D eigenvalue weighted by Crippen LogP contribution is -1.97. The Hall–Kier alpha value is -4.04. The molecule has 0 aliphatic heterocycles. The smallest absolute Gasteiger partial charge is 0.248 e. The summed E-state index contributed by atoms with van der Waals surface area (Å²) >= 11 is 0. The van der Waals surface area contributed by atoms with Gasteiger partial charge in [-0.15, -0.1) is 10.2 Å². The molecule has 0 saturated heterocycles. The summed E-state index contributed by atoms with van der Waals surface area (Å²) in [6, 6.07) is 23.3. The zero-order valence-corrected chi connectivity index (χ0v) is 22.4. The minimum atomic E-state index is 0.469. The van der Waals surface area contributed by atoms with Crippen LogP contribution in [0.25, 0.3) is 22.9 Å². The summed E-state index contributed by atoms with van der Waals surface area (Å²) in [5, 5.41) is 8.36. The number of nitrogens with zero attached hydrogens (tertiary/aromatic N) is 2. The molecule has 1 heterocycles. The number of hydrogen-bond donors (Lipinski definition) is 0. The Morgan fingerprint density at radius 3 is 1.63 bits per heavy atom. The third-order valence-corrected chi connectivity index (χ3v) is 6.37. The van der Waals surface area contributed by atoms with Crippen LogP contribution in [0.15, 0.2) is 77.2 Å². The van der Waals surface area contributed by atoms with Gasteiger partial charge < -0.3 is 13.9 Å². The Kier molecular flexibility index (Phi) is 10.4. The first-order chi connectivity index (χ1) is 18.7. The van der Waals surface area contributed by atoms with E-state index in [0.29, 0.717) is 11.8 Å². The van der Waals surface area contributed by atoms with Crippen molar-refractivity contribution in [3.8, 4) is 46.2 Å². The number of hydrogen-bond acceptors (Lipinski definition) is 5. The van der Waals surface area contributed by atoms with E-state index in [1.807, 2.05) is 72.8 Å². The number of aromatic nitrogens is 2. The molecule has 3 aromatic carbocycles. The highest BCUT2D eigenvalue weighted by Crippen LogP contribution is 2.25. The summed E-state index contributed by atoms with van der Waals surface area (Å²) in [5.74, 6) is 9.06. The van der Waals surface area contributed by atoms with Crippen molar-refractivity contribution in [2.75, 3.05) is 13.7 Å². The van der Waals surface area contributed by atoms with E-state index in [0.717, 1.165) is 46.8 Å². The maximum atomic E-state index is 5.89. The molecule has 5 heteroatoms. The van der Waals surface area contributed by atoms with Crippen molar-refractivity contribution in [2.45, 2.75) is 58.3 Å². The summed E-state index contributed by atoms with van der Waals surface area (Å²) in [7, 11) is 1.64. The van der Waals surface area contributed by atoms with E-state index >= 15 is 0 Å². The van der Waals surface area contributed by atoms with Gasteiger partial charge in [0.05, 0.1) is 13.7 Å². The molecule has 0 unspecified atom stereocenters. The summed E-state index contributed by atoms with van der Waals surface area (Å²) in [6.07, 6.45) is 10.4. The quantitative estimate of drug-likeness (QED) is 0.134. The molecule has 1 aromatic heterocycles. The van der Waals surface area contributed by atoms with E-state index < -0.39 is 0 Å². The number of benzene rings is 3. The van der Waals surface area contributed by atoms with Crippen molar-refractivity contribution in [2.24, 2.45) is 0 Å². The van der Waals surface area contributed by atoms with Gasteiger partial charge in [0.25, 0.3) is 0 Å². The molecule has 0 fully saturated rings. The van der Waals surface area contributed by atoms with Crippen LogP contribution in [0.2, 0.25) is 0 Å². The number of methoxy groups -OCH3 is 1. The van der Waals surface area contributed by atoms with Gasteiger partial charge in [-0.2, -0.15) is 0 Å². The molecule has 0 atom stereocenters. The molecule has 0 aliphatic carbocycles. The van der Waals surface area contributed by atoms with E-state index in [-0.39, 0.29) is 0 Å². The summed E-state index contributed by atoms with van der Waals surface area (Å²) in [6.45, 7) is 3.03. The van der Waals surface area contributed by atoms with Crippen LogP contribution in [0.5, 0.6) is 11.5 Å². The fraction of sp³-hybridized carbons (Fsp3) is 0.333. The van der Waals surface area contributed by atoms with E-state index in [4.69, 9.17) is 13.9 Å². The lowest BCUT2D eigenvalue weighted by molar-refractivity contribution is 0.304. The Morgan fingerprint density at radius 1 is 0.605 bits per heavy atom. The minimum Gasteiger partial charge on any atom is -0.497 e. The van der Waals surface area contributed by atoms with Crippen LogP contribution < -0.4 is 9.47 Å². The van der Waals surface area contributed by atoms with Gasteiger partial charge in [-0.05, 0) is 79.2 Å². The first-order valence-electron chi connectivity index (χ1n) is 13.6. The van der Waals surface area contributed by atoms with Crippen molar-refractivity contribution < 1.29 is 13.9 Å². The lowest BCUT2D eigenvalue weighted by atomic mass is 10.1. The van der Waals surface area contributed by atoms with Crippen molar-refractivity contribution in [1.82, 2.24) is 10.2 Å². The standard InChI is InChI=1S/C33H36N2O3/c1-3-4-5-6-7-8-9-10-25-37-31-21-15-27(16-22-31)12-11-26-13-17-28(18-14-26)32-34-35-33(38-32)29-19-23-30(36-2)24-20-29/h13-24H,3-10,25H2,1-2H3. The highest BCUT2D eigenvalue weighted by molar-refractivity contribution is 5.59. The fourth-order valence-corrected chi connectivity index (χ4v) is 4.09. The van der Waals surface area contributed by atoms with Gasteiger partial charge in [-0.1, -0.05) is 63.7 Å². The Labute approximate surface area is 226 Å². The predicted octanol–water partition coefficient (Wildman–Crippen LogP) is 8.33. The molecule has 4 aromatic rings. The number of ether oxygens (including phenoxy) is 2. The highest BCUT2D eigenvalue weighted by atomic mass is 16.5. The lowest BCUT2D eigenvalue weighted by Gasteiger charge is -2.06. The second-order valence-corrected chi connectivity index (χ2v) is 9.32. The second kappa shape index (κ2) is 14.6. The zero-order chi connectivity index (χ0) is 26.4. The maximum absolute atomic E-state index is 5.89. The normalized spacial score (nSPS) is 10.6. The van der Waals surface area contributed by atoms with Crippen LogP contribution in [0.1, 0.15) is 69.4 Å². The molecule has 0 spiro atoms. The monoisotopic (exact) mass is 508 g/mol. The average Bonchev–Trinajstić information content (AvgIpc) is 3.47. The average molecular weight is 509 g/mol. The van der Waals surface area contributed by atoms with Crippen molar-refractivity contribution in [1.29, 1.82) is 0 Å². The van der Waals surface area contributed by atoms with Gasteiger partial charge in [-0.3, -0.25) is 0 Å². The molecule has 0 amide bonds. The molecule has 196 valence electrons. The van der Waals surface area contributed by atoms with Crippen molar-refractivity contribution in [3.05, 3.63) is 83.9 Å².